The minimum Gasteiger partial charge on any atom is -0.342 e. The molecule has 0 bridgehead atoms. The molecule has 0 aliphatic rings. The van der Waals surface area contributed by atoms with E-state index in [1.807, 2.05) is 0 Å². The molecule has 0 aromatic rings. The molecular weight excluding hydrogens is 470 g/mol. The van der Waals surface area contributed by atoms with Crippen LogP contribution in [0.2, 0.25) is 0 Å². The van der Waals surface area contributed by atoms with Crippen LogP contribution in [0.15, 0.2) is 0 Å². The highest BCUT2D eigenvalue weighted by Crippen LogP contribution is 2.14. The van der Waals surface area contributed by atoms with E-state index in [0.29, 0.717) is 5.33 Å². The third-order valence-corrected chi connectivity index (χ3v) is 7.51. The third-order valence-electron chi connectivity index (χ3n) is 7.03. The van der Waals surface area contributed by atoms with Gasteiger partial charge in [0.05, 0.1) is 5.33 Å². The summed E-state index contributed by atoms with van der Waals surface area (Å²) in [5.41, 5.74) is 0. The van der Waals surface area contributed by atoms with E-state index in [0.717, 1.165) is 13.1 Å². The molecule has 0 fully saturated rings. The van der Waals surface area contributed by atoms with E-state index in [1.165, 1.54) is 154 Å². The van der Waals surface area contributed by atoms with Crippen LogP contribution < -0.4 is 0 Å². The summed E-state index contributed by atoms with van der Waals surface area (Å²) in [6.45, 7) is 6.49. The van der Waals surface area contributed by atoms with Gasteiger partial charge in [0, 0.05) is 13.1 Å². The second kappa shape index (κ2) is 28.2. The third kappa shape index (κ3) is 24.9. The number of unbranched alkanes of at least 4 members (excludes halogenated alkanes) is 22. The van der Waals surface area contributed by atoms with Crippen molar-refractivity contribution in [3.63, 3.8) is 0 Å². The molecule has 0 unspecified atom stereocenters. The Morgan fingerprint density at radius 1 is 0.455 bits per heavy atom. The summed E-state index contributed by atoms with van der Waals surface area (Å²) >= 11 is 3.38. The van der Waals surface area contributed by atoms with E-state index in [1.54, 1.807) is 0 Å². The molecule has 0 spiro atoms. The van der Waals surface area contributed by atoms with Crippen LogP contribution >= 0.6 is 15.9 Å². The smallest absolute Gasteiger partial charge is 0.233 e. The van der Waals surface area contributed by atoms with E-state index in [9.17, 15) is 4.79 Å². The van der Waals surface area contributed by atoms with Crippen LogP contribution in [0.3, 0.4) is 0 Å². The monoisotopic (exact) mass is 529 g/mol. The molecule has 0 saturated heterocycles. The predicted octanol–water partition coefficient (Wildman–Crippen LogP) is 10.6. The van der Waals surface area contributed by atoms with Crippen molar-refractivity contribution in [2.24, 2.45) is 0 Å². The molecule has 0 atom stereocenters. The lowest BCUT2D eigenvalue weighted by Gasteiger charge is -2.22. The summed E-state index contributed by atoms with van der Waals surface area (Å²) in [5, 5.41) is 0.476. The zero-order chi connectivity index (χ0) is 24.2. The van der Waals surface area contributed by atoms with E-state index >= 15 is 0 Å². The van der Waals surface area contributed by atoms with Gasteiger partial charge in [-0.1, -0.05) is 171 Å². The summed E-state index contributed by atoms with van der Waals surface area (Å²) in [6.07, 6.45) is 32.9. The first-order valence-electron chi connectivity index (χ1n) is 15.1. The molecule has 3 heteroatoms. The zero-order valence-electron chi connectivity index (χ0n) is 22.8. The SMILES string of the molecule is CCCCCCCCCCCCCCN(CCCCCCCCCCCCCC)C(=O)CBr. The van der Waals surface area contributed by atoms with Crippen molar-refractivity contribution < 1.29 is 4.79 Å². The highest BCUT2D eigenvalue weighted by atomic mass is 79.9. The second-order valence-electron chi connectivity index (χ2n) is 10.3. The number of alkyl halides is 1. The number of carbonyl (C=O) groups is 1. The fourth-order valence-electron chi connectivity index (χ4n) is 4.73. The van der Waals surface area contributed by atoms with Gasteiger partial charge in [0.25, 0.3) is 0 Å². The Balaban J connectivity index is 3.54. The van der Waals surface area contributed by atoms with Crippen LogP contribution in [0.1, 0.15) is 168 Å². The van der Waals surface area contributed by atoms with Gasteiger partial charge < -0.3 is 4.90 Å². The Kier molecular flexibility index (Phi) is 28.1. The summed E-state index contributed by atoms with van der Waals surface area (Å²) in [6, 6.07) is 0. The minimum atomic E-state index is 0.279. The van der Waals surface area contributed by atoms with Crippen LogP contribution in [-0.2, 0) is 4.79 Å². The predicted molar refractivity (Wildman–Crippen MR) is 153 cm³/mol. The van der Waals surface area contributed by atoms with Crippen molar-refractivity contribution in [2.75, 3.05) is 18.4 Å². The van der Waals surface area contributed by atoms with Crippen LogP contribution in [0, 0.1) is 0 Å². The van der Waals surface area contributed by atoms with Crippen LogP contribution in [0.4, 0.5) is 0 Å². The van der Waals surface area contributed by atoms with Gasteiger partial charge in [0.2, 0.25) is 5.91 Å². The van der Waals surface area contributed by atoms with Crippen LogP contribution in [0.25, 0.3) is 0 Å². The molecule has 2 nitrogen and oxygen atoms in total. The topological polar surface area (TPSA) is 20.3 Å². The Bertz CT molecular complexity index is 359. The van der Waals surface area contributed by atoms with E-state index in [4.69, 9.17) is 0 Å². The molecule has 0 aromatic carbocycles. The second-order valence-corrected chi connectivity index (χ2v) is 10.9. The fourth-order valence-corrected chi connectivity index (χ4v) is 5.09. The van der Waals surface area contributed by atoms with Gasteiger partial charge >= 0.3 is 0 Å². The standard InChI is InChI=1S/C30H60BrNO/c1-3-5-7-9-11-13-15-17-19-21-23-25-27-32(30(33)29-31)28-26-24-22-20-18-16-14-12-10-8-6-4-2/h3-29H2,1-2H3. The minimum absolute atomic E-state index is 0.279. The lowest BCUT2D eigenvalue weighted by molar-refractivity contribution is -0.128. The first kappa shape index (κ1) is 33.0. The van der Waals surface area contributed by atoms with Gasteiger partial charge in [-0.25, -0.2) is 0 Å². The van der Waals surface area contributed by atoms with Crippen LogP contribution in [-0.4, -0.2) is 29.2 Å². The average Bonchev–Trinajstić information content (AvgIpc) is 2.83. The van der Waals surface area contributed by atoms with E-state index in [2.05, 4.69) is 34.7 Å². The largest absolute Gasteiger partial charge is 0.342 e. The maximum atomic E-state index is 12.3. The number of amides is 1. The van der Waals surface area contributed by atoms with Crippen molar-refractivity contribution in [3.8, 4) is 0 Å². The molecule has 0 saturated carbocycles. The number of carbonyl (C=O) groups excluding carboxylic acids is 1. The Labute approximate surface area is 217 Å². The molecule has 0 rings (SSSR count). The van der Waals surface area contributed by atoms with Crippen molar-refractivity contribution in [2.45, 2.75) is 168 Å². The molecule has 0 N–H and O–H groups in total. The summed E-state index contributed by atoms with van der Waals surface area (Å²) in [7, 11) is 0. The Morgan fingerprint density at radius 2 is 0.697 bits per heavy atom. The van der Waals surface area contributed by atoms with Gasteiger partial charge in [-0.15, -0.1) is 0 Å². The average molecular weight is 531 g/mol. The van der Waals surface area contributed by atoms with Crippen LogP contribution in [0.5, 0.6) is 0 Å². The Morgan fingerprint density at radius 3 is 0.939 bits per heavy atom. The molecule has 0 aromatic heterocycles. The molecule has 0 aliphatic heterocycles. The molecule has 198 valence electrons. The molecule has 0 heterocycles. The molecule has 33 heavy (non-hydrogen) atoms. The highest BCUT2D eigenvalue weighted by Gasteiger charge is 2.11. The van der Waals surface area contributed by atoms with Crippen molar-refractivity contribution >= 4 is 21.8 Å². The summed E-state index contributed by atoms with van der Waals surface area (Å²) < 4.78 is 0. The van der Waals surface area contributed by atoms with Gasteiger partial charge in [-0.3, -0.25) is 4.79 Å². The number of halogens is 1. The van der Waals surface area contributed by atoms with E-state index in [-0.39, 0.29) is 5.91 Å². The highest BCUT2D eigenvalue weighted by molar-refractivity contribution is 9.09. The first-order valence-corrected chi connectivity index (χ1v) is 16.2. The molecule has 0 radical (unpaired) electrons. The zero-order valence-corrected chi connectivity index (χ0v) is 24.4. The lowest BCUT2D eigenvalue weighted by Crippen LogP contribution is -2.33. The van der Waals surface area contributed by atoms with Crippen molar-refractivity contribution in [3.05, 3.63) is 0 Å². The number of hydrogen-bond acceptors (Lipinski definition) is 1. The van der Waals surface area contributed by atoms with Crippen molar-refractivity contribution in [1.82, 2.24) is 4.90 Å². The van der Waals surface area contributed by atoms with Gasteiger partial charge in [-0.05, 0) is 12.8 Å². The first-order chi connectivity index (χ1) is 16.3. The maximum absolute atomic E-state index is 12.3. The Hall–Kier alpha value is -0.0500. The van der Waals surface area contributed by atoms with Gasteiger partial charge in [0.15, 0.2) is 0 Å². The number of nitrogens with zero attached hydrogens (tertiary/aromatic N) is 1. The fraction of sp³-hybridized carbons (Fsp3) is 0.967. The normalized spacial score (nSPS) is 11.2. The summed E-state index contributed by atoms with van der Waals surface area (Å²) in [4.78, 5) is 14.4. The molecular formula is C30H60BrNO. The maximum Gasteiger partial charge on any atom is 0.233 e. The lowest BCUT2D eigenvalue weighted by atomic mass is 10.0. The number of hydrogen-bond donors (Lipinski definition) is 0. The summed E-state index contributed by atoms with van der Waals surface area (Å²) in [5.74, 6) is 0.279. The van der Waals surface area contributed by atoms with Crippen molar-refractivity contribution in [1.29, 1.82) is 0 Å². The quantitative estimate of drug-likeness (QED) is 0.0764. The number of rotatable bonds is 27. The van der Waals surface area contributed by atoms with Gasteiger partial charge in [-0.2, -0.15) is 0 Å². The van der Waals surface area contributed by atoms with Gasteiger partial charge in [0.1, 0.15) is 0 Å². The molecule has 0 aliphatic carbocycles. The van der Waals surface area contributed by atoms with E-state index < -0.39 is 0 Å². The molecule has 1 amide bonds.